The molecule has 1 heterocycles. The number of imidazole rings is 1. The van der Waals surface area contributed by atoms with Crippen LogP contribution in [-0.4, -0.2) is 44.0 Å². The van der Waals surface area contributed by atoms with Crippen LogP contribution in [-0.2, 0) is 16.0 Å². The van der Waals surface area contributed by atoms with Crippen LogP contribution in [0.15, 0.2) is 54.6 Å². The Balaban J connectivity index is 1.84. The van der Waals surface area contributed by atoms with Gasteiger partial charge in [0.2, 0.25) is 5.91 Å². The predicted octanol–water partition coefficient (Wildman–Crippen LogP) is 3.67. The van der Waals surface area contributed by atoms with Crippen LogP contribution >= 0.6 is 0 Å². The number of carbonyl (C=O) groups excluding carboxylic acids is 1. The summed E-state index contributed by atoms with van der Waals surface area (Å²) in [4.78, 5) is 30.0. The molecular formula is C22H25N3O3. The molecule has 0 spiro atoms. The van der Waals surface area contributed by atoms with Crippen molar-refractivity contribution in [3.05, 3.63) is 60.4 Å². The van der Waals surface area contributed by atoms with Crippen molar-refractivity contribution < 1.29 is 14.7 Å². The first-order valence-corrected chi connectivity index (χ1v) is 9.50. The molecule has 1 amide bonds. The van der Waals surface area contributed by atoms with Gasteiger partial charge in [-0.1, -0.05) is 30.3 Å². The Hall–Kier alpha value is -3.15. The second kappa shape index (κ2) is 8.69. The highest BCUT2D eigenvalue weighted by Crippen LogP contribution is 2.22. The maximum Gasteiger partial charge on any atom is 0.305 e. The van der Waals surface area contributed by atoms with E-state index in [0.717, 1.165) is 22.5 Å². The van der Waals surface area contributed by atoms with Crippen molar-refractivity contribution in [1.29, 1.82) is 0 Å². The highest BCUT2D eigenvalue weighted by Gasteiger charge is 2.20. The topological polar surface area (TPSA) is 75.4 Å². The summed E-state index contributed by atoms with van der Waals surface area (Å²) in [5.41, 5.74) is 2.90. The lowest BCUT2D eigenvalue weighted by Crippen LogP contribution is -2.38. The van der Waals surface area contributed by atoms with Crippen molar-refractivity contribution in [3.8, 4) is 5.69 Å². The largest absolute Gasteiger partial charge is 0.481 e. The van der Waals surface area contributed by atoms with Crippen molar-refractivity contribution in [1.82, 2.24) is 14.5 Å². The smallest absolute Gasteiger partial charge is 0.305 e. The molecule has 0 aliphatic rings. The number of hydrogen-bond donors (Lipinski definition) is 1. The summed E-state index contributed by atoms with van der Waals surface area (Å²) in [7, 11) is 0. The van der Waals surface area contributed by atoms with Gasteiger partial charge in [-0.3, -0.25) is 14.2 Å². The quantitative estimate of drug-likeness (QED) is 0.648. The van der Waals surface area contributed by atoms with Crippen LogP contribution < -0.4 is 0 Å². The minimum Gasteiger partial charge on any atom is -0.481 e. The van der Waals surface area contributed by atoms with Crippen LogP contribution in [0.5, 0.6) is 0 Å². The van der Waals surface area contributed by atoms with Gasteiger partial charge in [-0.15, -0.1) is 0 Å². The zero-order valence-corrected chi connectivity index (χ0v) is 16.2. The Labute approximate surface area is 164 Å². The van der Waals surface area contributed by atoms with Gasteiger partial charge in [0.05, 0.1) is 17.5 Å². The molecule has 6 nitrogen and oxygen atoms in total. The normalized spacial score (nSPS) is 11.1. The van der Waals surface area contributed by atoms with Crippen LogP contribution in [0.1, 0.15) is 32.5 Å². The van der Waals surface area contributed by atoms with Gasteiger partial charge >= 0.3 is 5.97 Å². The van der Waals surface area contributed by atoms with Gasteiger partial charge in [-0.25, -0.2) is 4.98 Å². The van der Waals surface area contributed by atoms with E-state index in [0.29, 0.717) is 6.42 Å². The number of aromatic nitrogens is 2. The number of rotatable bonds is 8. The molecule has 28 heavy (non-hydrogen) atoms. The first-order valence-electron chi connectivity index (χ1n) is 9.50. The van der Waals surface area contributed by atoms with E-state index in [1.165, 1.54) is 0 Å². The third-order valence-corrected chi connectivity index (χ3v) is 4.72. The lowest BCUT2D eigenvalue weighted by Gasteiger charge is -2.26. The molecule has 1 aromatic heterocycles. The van der Waals surface area contributed by atoms with E-state index in [1.807, 2.05) is 68.4 Å². The third-order valence-electron chi connectivity index (χ3n) is 4.72. The van der Waals surface area contributed by atoms with Gasteiger partial charge in [0, 0.05) is 31.1 Å². The van der Waals surface area contributed by atoms with Crippen molar-refractivity contribution >= 4 is 22.9 Å². The fourth-order valence-corrected chi connectivity index (χ4v) is 3.36. The monoisotopic (exact) mass is 379 g/mol. The fraction of sp³-hybridized carbons (Fsp3) is 0.318. The van der Waals surface area contributed by atoms with E-state index in [-0.39, 0.29) is 31.3 Å². The van der Waals surface area contributed by atoms with Crippen molar-refractivity contribution in [2.24, 2.45) is 0 Å². The molecule has 0 radical (unpaired) electrons. The SMILES string of the molecule is CC(C)N(CCC(=O)O)C(=O)CCc1nc2ccccc2n1-c1ccccc1. The Bertz CT molecular complexity index is 964. The first-order chi connectivity index (χ1) is 13.5. The summed E-state index contributed by atoms with van der Waals surface area (Å²) in [6, 6.07) is 17.8. The molecule has 0 saturated carbocycles. The van der Waals surface area contributed by atoms with Crippen molar-refractivity contribution in [2.45, 2.75) is 39.2 Å². The number of carboxylic acids is 1. The highest BCUT2D eigenvalue weighted by molar-refractivity contribution is 5.80. The summed E-state index contributed by atoms with van der Waals surface area (Å²) in [5.74, 6) is -0.130. The molecule has 0 aliphatic heterocycles. The van der Waals surface area contributed by atoms with Gasteiger partial charge in [0.25, 0.3) is 0 Å². The average molecular weight is 379 g/mol. The number of carboxylic acid groups (broad SMARTS) is 1. The molecule has 3 rings (SSSR count). The molecule has 2 aromatic carbocycles. The number of aryl methyl sites for hydroxylation is 1. The minimum absolute atomic E-state index is 0.0419. The zero-order valence-electron chi connectivity index (χ0n) is 16.2. The summed E-state index contributed by atoms with van der Waals surface area (Å²) in [6.07, 6.45) is 0.721. The molecule has 146 valence electrons. The Kier molecular flexibility index (Phi) is 6.09. The molecule has 0 saturated heterocycles. The van der Waals surface area contributed by atoms with E-state index in [4.69, 9.17) is 10.1 Å². The van der Waals surface area contributed by atoms with E-state index in [9.17, 15) is 9.59 Å². The Morgan fingerprint density at radius 2 is 1.71 bits per heavy atom. The summed E-state index contributed by atoms with van der Waals surface area (Å²) in [6.45, 7) is 4.03. The van der Waals surface area contributed by atoms with Crippen LogP contribution in [0.2, 0.25) is 0 Å². The predicted molar refractivity (Wildman–Crippen MR) is 108 cm³/mol. The van der Waals surface area contributed by atoms with Crippen LogP contribution in [0.4, 0.5) is 0 Å². The zero-order chi connectivity index (χ0) is 20.1. The number of nitrogens with zero attached hydrogens (tertiary/aromatic N) is 3. The molecule has 1 N–H and O–H groups in total. The number of benzene rings is 2. The molecule has 0 atom stereocenters. The number of para-hydroxylation sites is 3. The van der Waals surface area contributed by atoms with E-state index in [2.05, 4.69) is 4.57 Å². The summed E-state index contributed by atoms with van der Waals surface area (Å²) >= 11 is 0. The molecular weight excluding hydrogens is 354 g/mol. The van der Waals surface area contributed by atoms with Crippen LogP contribution in [0, 0.1) is 0 Å². The van der Waals surface area contributed by atoms with Gasteiger partial charge in [-0.05, 0) is 38.1 Å². The van der Waals surface area contributed by atoms with Gasteiger partial charge in [0.15, 0.2) is 0 Å². The van der Waals surface area contributed by atoms with Crippen LogP contribution in [0.3, 0.4) is 0 Å². The second-order valence-electron chi connectivity index (χ2n) is 7.01. The molecule has 0 unspecified atom stereocenters. The molecule has 0 bridgehead atoms. The molecule has 0 fully saturated rings. The van der Waals surface area contributed by atoms with Crippen molar-refractivity contribution in [2.75, 3.05) is 6.54 Å². The van der Waals surface area contributed by atoms with E-state index in [1.54, 1.807) is 4.90 Å². The highest BCUT2D eigenvalue weighted by atomic mass is 16.4. The van der Waals surface area contributed by atoms with Crippen molar-refractivity contribution in [3.63, 3.8) is 0 Å². The van der Waals surface area contributed by atoms with Gasteiger partial charge in [-0.2, -0.15) is 0 Å². The second-order valence-corrected chi connectivity index (χ2v) is 7.01. The molecule has 0 aliphatic carbocycles. The number of aliphatic carboxylic acids is 1. The van der Waals surface area contributed by atoms with E-state index < -0.39 is 5.97 Å². The first kappa shape index (κ1) is 19.6. The standard InChI is InChI=1S/C22H25N3O3/c1-16(2)24(15-14-22(27)28)21(26)13-12-20-23-18-10-6-7-11-19(18)25(20)17-8-4-3-5-9-17/h3-11,16H,12-15H2,1-2H3,(H,27,28). The van der Waals surface area contributed by atoms with Gasteiger partial charge in [0.1, 0.15) is 5.82 Å². The number of carbonyl (C=O) groups is 2. The maximum absolute atomic E-state index is 12.7. The summed E-state index contributed by atoms with van der Waals surface area (Å²) < 4.78 is 2.08. The maximum atomic E-state index is 12.7. The van der Waals surface area contributed by atoms with Crippen LogP contribution in [0.25, 0.3) is 16.7 Å². The Morgan fingerprint density at radius 3 is 2.39 bits per heavy atom. The number of hydrogen-bond acceptors (Lipinski definition) is 3. The molecule has 3 aromatic rings. The number of fused-ring (bicyclic) bond motifs is 1. The Morgan fingerprint density at radius 1 is 1.04 bits per heavy atom. The fourth-order valence-electron chi connectivity index (χ4n) is 3.36. The molecule has 6 heteroatoms. The minimum atomic E-state index is -0.899. The number of amides is 1. The van der Waals surface area contributed by atoms with E-state index >= 15 is 0 Å². The lowest BCUT2D eigenvalue weighted by molar-refractivity contribution is -0.139. The van der Waals surface area contributed by atoms with Gasteiger partial charge < -0.3 is 10.0 Å². The average Bonchev–Trinajstić information content (AvgIpc) is 3.05. The lowest BCUT2D eigenvalue weighted by atomic mass is 10.2. The third kappa shape index (κ3) is 4.39. The summed E-state index contributed by atoms with van der Waals surface area (Å²) in [5, 5.41) is 8.93.